The van der Waals surface area contributed by atoms with Gasteiger partial charge in [0, 0.05) is 17.0 Å². The van der Waals surface area contributed by atoms with Gasteiger partial charge in [-0.25, -0.2) is 8.42 Å². The Balaban J connectivity index is 1.75. The maximum absolute atomic E-state index is 12.7. The van der Waals surface area contributed by atoms with E-state index in [0.29, 0.717) is 29.2 Å². The van der Waals surface area contributed by atoms with Gasteiger partial charge in [-0.3, -0.25) is 9.52 Å². The van der Waals surface area contributed by atoms with Crippen LogP contribution in [0.5, 0.6) is 0 Å². The molecule has 0 saturated heterocycles. The van der Waals surface area contributed by atoms with Crippen molar-refractivity contribution in [1.29, 1.82) is 0 Å². The maximum atomic E-state index is 12.7. The van der Waals surface area contributed by atoms with Gasteiger partial charge in [0.2, 0.25) is 5.91 Å². The van der Waals surface area contributed by atoms with Crippen molar-refractivity contribution < 1.29 is 17.7 Å². The Kier molecular flexibility index (Phi) is 7.19. The monoisotopic (exact) mass is 457 g/mol. The first kappa shape index (κ1) is 22.6. The second-order valence-corrected chi connectivity index (χ2v) is 9.21. The highest BCUT2D eigenvalue weighted by Gasteiger charge is 2.15. The van der Waals surface area contributed by atoms with Crippen LogP contribution < -0.4 is 10.0 Å². The molecular weight excluding hydrogens is 434 g/mol. The van der Waals surface area contributed by atoms with Crippen molar-refractivity contribution in [2.24, 2.45) is 0 Å². The molecule has 0 aliphatic carbocycles. The highest BCUT2D eigenvalue weighted by Crippen LogP contribution is 2.24. The SMILES string of the molecule is CCC(=O)Nc1c(C)noc1C=Cc1ccc(S(=O)(=O)Nc2cccc(SC)c2)cc1. The van der Waals surface area contributed by atoms with Crippen LogP contribution in [0.2, 0.25) is 0 Å². The summed E-state index contributed by atoms with van der Waals surface area (Å²) >= 11 is 1.54. The number of carbonyl (C=O) groups excluding carboxylic acids is 1. The summed E-state index contributed by atoms with van der Waals surface area (Å²) in [6, 6.07) is 13.7. The number of amides is 1. The number of thioether (sulfide) groups is 1. The lowest BCUT2D eigenvalue weighted by atomic mass is 10.2. The van der Waals surface area contributed by atoms with Crippen LogP contribution in [0.15, 0.2) is 62.8 Å². The van der Waals surface area contributed by atoms with Crippen molar-refractivity contribution in [1.82, 2.24) is 5.16 Å². The number of carbonyl (C=O) groups is 1. The van der Waals surface area contributed by atoms with Gasteiger partial charge in [0.05, 0.1) is 4.90 Å². The Bertz CT molecular complexity index is 1200. The Morgan fingerprint density at radius 2 is 1.90 bits per heavy atom. The lowest BCUT2D eigenvalue weighted by Gasteiger charge is -2.09. The minimum absolute atomic E-state index is 0.133. The van der Waals surface area contributed by atoms with Gasteiger partial charge in [0.1, 0.15) is 11.4 Å². The maximum Gasteiger partial charge on any atom is 0.261 e. The normalized spacial score (nSPS) is 11.6. The number of benzene rings is 2. The predicted octanol–water partition coefficient (Wildman–Crippen LogP) is 5.02. The summed E-state index contributed by atoms with van der Waals surface area (Å²) in [6.45, 7) is 3.51. The van der Waals surface area contributed by atoms with E-state index in [0.717, 1.165) is 10.5 Å². The summed E-state index contributed by atoms with van der Waals surface area (Å²) in [5, 5.41) is 6.65. The third-order valence-electron chi connectivity index (χ3n) is 4.41. The molecule has 3 aromatic rings. The topological polar surface area (TPSA) is 101 Å². The lowest BCUT2D eigenvalue weighted by Crippen LogP contribution is -2.12. The van der Waals surface area contributed by atoms with Crippen molar-refractivity contribution >= 4 is 51.2 Å². The van der Waals surface area contributed by atoms with Gasteiger partial charge in [-0.2, -0.15) is 0 Å². The van der Waals surface area contributed by atoms with E-state index in [4.69, 9.17) is 4.52 Å². The molecule has 9 heteroatoms. The molecule has 2 aromatic carbocycles. The zero-order valence-corrected chi connectivity index (χ0v) is 19.0. The number of nitrogens with zero attached hydrogens (tertiary/aromatic N) is 1. The van der Waals surface area contributed by atoms with Crippen LogP contribution in [0, 0.1) is 6.92 Å². The summed E-state index contributed by atoms with van der Waals surface area (Å²) in [6.07, 6.45) is 5.72. The Morgan fingerprint density at radius 3 is 2.58 bits per heavy atom. The van der Waals surface area contributed by atoms with Crippen LogP contribution >= 0.6 is 11.8 Å². The summed E-state index contributed by atoms with van der Waals surface area (Å²) in [4.78, 5) is 12.8. The van der Waals surface area contributed by atoms with E-state index in [2.05, 4.69) is 15.2 Å². The zero-order chi connectivity index (χ0) is 22.4. The van der Waals surface area contributed by atoms with Crippen LogP contribution in [0.3, 0.4) is 0 Å². The Morgan fingerprint density at radius 1 is 1.16 bits per heavy atom. The van der Waals surface area contributed by atoms with Gasteiger partial charge in [-0.15, -0.1) is 11.8 Å². The molecule has 0 aliphatic heterocycles. The van der Waals surface area contributed by atoms with E-state index in [-0.39, 0.29) is 10.8 Å². The molecule has 0 atom stereocenters. The van der Waals surface area contributed by atoms with E-state index >= 15 is 0 Å². The number of anilines is 2. The number of hydrogen-bond acceptors (Lipinski definition) is 6. The molecule has 0 saturated carbocycles. The number of nitrogens with one attached hydrogen (secondary N) is 2. The van der Waals surface area contributed by atoms with Crippen LogP contribution in [0.1, 0.15) is 30.4 Å². The Hall–Kier alpha value is -3.04. The Labute approximate surface area is 186 Å². The van der Waals surface area contributed by atoms with Gasteiger partial charge < -0.3 is 9.84 Å². The highest BCUT2D eigenvalue weighted by atomic mass is 32.2. The summed E-state index contributed by atoms with van der Waals surface area (Å²) in [5.41, 5.74) is 2.39. The minimum Gasteiger partial charge on any atom is -0.354 e. The van der Waals surface area contributed by atoms with E-state index in [9.17, 15) is 13.2 Å². The fraction of sp³-hybridized carbons (Fsp3) is 0.182. The minimum atomic E-state index is -3.70. The molecule has 31 heavy (non-hydrogen) atoms. The molecule has 3 rings (SSSR count). The van der Waals surface area contributed by atoms with Gasteiger partial charge in [-0.1, -0.05) is 36.4 Å². The number of rotatable bonds is 8. The second-order valence-electron chi connectivity index (χ2n) is 6.65. The molecule has 2 N–H and O–H groups in total. The molecular formula is C22H23N3O4S2. The molecule has 0 fully saturated rings. The van der Waals surface area contributed by atoms with Gasteiger partial charge in [0.25, 0.3) is 10.0 Å². The van der Waals surface area contributed by atoms with E-state index in [1.165, 1.54) is 23.9 Å². The molecule has 0 bridgehead atoms. The first-order valence-corrected chi connectivity index (χ1v) is 12.2. The molecule has 0 unspecified atom stereocenters. The lowest BCUT2D eigenvalue weighted by molar-refractivity contribution is -0.115. The van der Waals surface area contributed by atoms with Crippen LogP contribution in [-0.4, -0.2) is 25.7 Å². The van der Waals surface area contributed by atoms with Crippen LogP contribution in [0.25, 0.3) is 12.2 Å². The van der Waals surface area contributed by atoms with Gasteiger partial charge >= 0.3 is 0 Å². The van der Waals surface area contributed by atoms with E-state index in [1.54, 1.807) is 56.3 Å². The largest absolute Gasteiger partial charge is 0.354 e. The van der Waals surface area contributed by atoms with Crippen molar-refractivity contribution in [2.75, 3.05) is 16.3 Å². The summed E-state index contributed by atoms with van der Waals surface area (Å²) in [7, 11) is -3.70. The smallest absolute Gasteiger partial charge is 0.261 e. The first-order valence-electron chi connectivity index (χ1n) is 9.53. The van der Waals surface area contributed by atoms with E-state index in [1.807, 2.05) is 12.3 Å². The number of hydrogen-bond donors (Lipinski definition) is 2. The third kappa shape index (κ3) is 5.77. The number of sulfonamides is 1. The molecule has 1 aromatic heterocycles. The first-order chi connectivity index (χ1) is 14.8. The predicted molar refractivity (Wildman–Crippen MR) is 125 cm³/mol. The fourth-order valence-electron chi connectivity index (χ4n) is 2.71. The average Bonchev–Trinajstić information content (AvgIpc) is 3.11. The summed E-state index contributed by atoms with van der Waals surface area (Å²) < 4.78 is 33.2. The van der Waals surface area contributed by atoms with Crippen LogP contribution in [0.4, 0.5) is 11.4 Å². The average molecular weight is 458 g/mol. The van der Waals surface area contributed by atoms with Gasteiger partial charge in [0.15, 0.2) is 5.76 Å². The van der Waals surface area contributed by atoms with Crippen molar-refractivity contribution in [3.63, 3.8) is 0 Å². The fourth-order valence-corrected chi connectivity index (χ4v) is 4.22. The molecule has 162 valence electrons. The highest BCUT2D eigenvalue weighted by molar-refractivity contribution is 7.98. The zero-order valence-electron chi connectivity index (χ0n) is 17.4. The second kappa shape index (κ2) is 9.84. The van der Waals surface area contributed by atoms with E-state index < -0.39 is 10.0 Å². The molecule has 0 spiro atoms. The standard InChI is InChI=1S/C22H23N3O4S2/c1-4-21(26)23-22-15(2)24-29-20(22)13-10-16-8-11-19(12-9-16)31(27,28)25-17-6-5-7-18(14-17)30-3/h5-14,25H,4H2,1-3H3,(H,23,26). The molecule has 7 nitrogen and oxygen atoms in total. The number of aromatic nitrogens is 1. The van der Waals surface area contributed by atoms with Crippen molar-refractivity contribution in [3.05, 3.63) is 65.5 Å². The summed E-state index contributed by atoms with van der Waals surface area (Å²) in [5.74, 6) is 0.289. The molecule has 0 aliphatic rings. The quantitative estimate of drug-likeness (QED) is 0.460. The van der Waals surface area contributed by atoms with Crippen molar-refractivity contribution in [3.8, 4) is 0 Å². The van der Waals surface area contributed by atoms with Crippen LogP contribution in [-0.2, 0) is 14.8 Å². The molecule has 1 heterocycles. The molecule has 0 radical (unpaired) electrons. The number of aryl methyl sites for hydroxylation is 1. The van der Waals surface area contributed by atoms with Gasteiger partial charge in [-0.05, 0) is 55.2 Å². The van der Waals surface area contributed by atoms with Crippen molar-refractivity contribution in [2.45, 2.75) is 30.1 Å². The molecule has 1 amide bonds. The third-order valence-corrected chi connectivity index (χ3v) is 6.54.